The van der Waals surface area contributed by atoms with Crippen LogP contribution in [0.4, 0.5) is 4.39 Å². The van der Waals surface area contributed by atoms with Crippen LogP contribution in [0.5, 0.6) is 0 Å². The second-order valence-electron chi connectivity index (χ2n) is 4.11. The highest BCUT2D eigenvalue weighted by Crippen LogP contribution is 2.25. The van der Waals surface area contributed by atoms with Gasteiger partial charge in [-0.1, -0.05) is 38.8 Å². The van der Waals surface area contributed by atoms with E-state index in [-0.39, 0.29) is 11.9 Å². The van der Waals surface area contributed by atoms with Gasteiger partial charge in [-0.25, -0.2) is 4.39 Å². The lowest BCUT2D eigenvalue weighted by molar-refractivity contribution is 0.405. The van der Waals surface area contributed by atoms with E-state index in [1.54, 1.807) is 13.0 Å². The van der Waals surface area contributed by atoms with Gasteiger partial charge in [0.05, 0.1) is 0 Å². The van der Waals surface area contributed by atoms with E-state index in [2.05, 4.69) is 13.8 Å². The van der Waals surface area contributed by atoms with Crippen molar-refractivity contribution in [1.29, 1.82) is 0 Å². The molecule has 0 spiro atoms. The minimum absolute atomic E-state index is 0.0271. The maximum absolute atomic E-state index is 13.1. The fourth-order valence-electron chi connectivity index (χ4n) is 1.94. The van der Waals surface area contributed by atoms with Crippen molar-refractivity contribution in [3.05, 3.63) is 35.1 Å². The third-order valence-electron chi connectivity index (χ3n) is 3.12. The third-order valence-corrected chi connectivity index (χ3v) is 3.12. The predicted octanol–water partition coefficient (Wildman–Crippen LogP) is 3.57. The SMILES string of the molecule is CCC(CC)C(N)c1ccc(F)c(C)c1. The van der Waals surface area contributed by atoms with Gasteiger partial charge >= 0.3 is 0 Å². The zero-order valence-electron chi connectivity index (χ0n) is 9.76. The first-order valence-corrected chi connectivity index (χ1v) is 5.61. The standard InChI is InChI=1S/C13H20FN/c1-4-10(5-2)13(15)11-6-7-12(14)9(3)8-11/h6-8,10,13H,4-5,15H2,1-3H3. The summed E-state index contributed by atoms with van der Waals surface area (Å²) < 4.78 is 13.1. The Morgan fingerprint density at radius 3 is 2.33 bits per heavy atom. The second-order valence-corrected chi connectivity index (χ2v) is 4.11. The van der Waals surface area contributed by atoms with Crippen molar-refractivity contribution in [3.8, 4) is 0 Å². The number of benzene rings is 1. The zero-order chi connectivity index (χ0) is 11.4. The quantitative estimate of drug-likeness (QED) is 0.806. The van der Waals surface area contributed by atoms with E-state index in [1.165, 1.54) is 6.07 Å². The van der Waals surface area contributed by atoms with Crippen LogP contribution in [-0.2, 0) is 0 Å². The van der Waals surface area contributed by atoms with E-state index < -0.39 is 0 Å². The Hall–Kier alpha value is -0.890. The Kier molecular flexibility index (Phi) is 4.28. The summed E-state index contributed by atoms with van der Waals surface area (Å²) in [6.07, 6.45) is 2.13. The van der Waals surface area contributed by atoms with Gasteiger partial charge in [0.2, 0.25) is 0 Å². The van der Waals surface area contributed by atoms with Gasteiger partial charge < -0.3 is 5.73 Å². The molecule has 0 radical (unpaired) electrons. The van der Waals surface area contributed by atoms with Crippen LogP contribution < -0.4 is 5.73 Å². The summed E-state index contributed by atoms with van der Waals surface area (Å²) in [6.45, 7) is 6.06. The molecule has 1 aromatic rings. The molecule has 15 heavy (non-hydrogen) atoms. The van der Waals surface area contributed by atoms with Crippen molar-refractivity contribution in [1.82, 2.24) is 0 Å². The van der Waals surface area contributed by atoms with Crippen molar-refractivity contribution < 1.29 is 4.39 Å². The number of hydrogen-bond acceptors (Lipinski definition) is 1. The number of hydrogen-bond donors (Lipinski definition) is 1. The summed E-state index contributed by atoms with van der Waals surface area (Å²) in [7, 11) is 0. The molecule has 0 aliphatic heterocycles. The summed E-state index contributed by atoms with van der Waals surface area (Å²) in [5.74, 6) is 0.324. The fourth-order valence-corrected chi connectivity index (χ4v) is 1.94. The third kappa shape index (κ3) is 2.78. The van der Waals surface area contributed by atoms with Crippen LogP contribution in [0, 0.1) is 18.7 Å². The highest BCUT2D eigenvalue weighted by molar-refractivity contribution is 5.26. The van der Waals surface area contributed by atoms with Crippen molar-refractivity contribution in [2.45, 2.75) is 39.7 Å². The molecule has 1 atom stereocenters. The van der Waals surface area contributed by atoms with Crippen LogP contribution in [0.1, 0.15) is 43.9 Å². The maximum Gasteiger partial charge on any atom is 0.126 e. The van der Waals surface area contributed by atoms with Crippen LogP contribution in [0.25, 0.3) is 0 Å². The van der Waals surface area contributed by atoms with Gasteiger partial charge in [-0.15, -0.1) is 0 Å². The highest BCUT2D eigenvalue weighted by atomic mass is 19.1. The molecule has 1 rings (SSSR count). The molecule has 0 bridgehead atoms. The molecule has 0 aliphatic carbocycles. The molecule has 0 saturated heterocycles. The Labute approximate surface area is 91.5 Å². The number of halogens is 1. The Morgan fingerprint density at radius 2 is 1.87 bits per heavy atom. The molecule has 2 heteroatoms. The normalized spacial score (nSPS) is 13.2. The predicted molar refractivity (Wildman–Crippen MR) is 62.1 cm³/mol. The molecule has 0 heterocycles. The molecule has 0 aliphatic rings. The molecule has 0 fully saturated rings. The van der Waals surface area contributed by atoms with Crippen molar-refractivity contribution >= 4 is 0 Å². The van der Waals surface area contributed by atoms with E-state index in [0.717, 1.165) is 18.4 Å². The van der Waals surface area contributed by atoms with Gasteiger partial charge in [-0.3, -0.25) is 0 Å². The molecule has 0 aromatic heterocycles. The Balaban J connectivity index is 2.90. The highest BCUT2D eigenvalue weighted by Gasteiger charge is 2.16. The lowest BCUT2D eigenvalue weighted by Crippen LogP contribution is -2.20. The van der Waals surface area contributed by atoms with Gasteiger partial charge in [-0.05, 0) is 30.0 Å². The smallest absolute Gasteiger partial charge is 0.126 e. The molecule has 0 saturated carbocycles. The summed E-state index contributed by atoms with van der Waals surface area (Å²) >= 11 is 0. The minimum Gasteiger partial charge on any atom is -0.324 e. The van der Waals surface area contributed by atoms with Gasteiger partial charge in [0.15, 0.2) is 0 Å². The number of nitrogens with two attached hydrogens (primary N) is 1. The summed E-state index contributed by atoms with van der Waals surface area (Å²) in [5.41, 5.74) is 7.88. The van der Waals surface area contributed by atoms with Crippen molar-refractivity contribution in [2.75, 3.05) is 0 Å². The summed E-state index contributed by atoms with van der Waals surface area (Å²) in [6, 6.07) is 5.19. The first-order valence-electron chi connectivity index (χ1n) is 5.61. The molecule has 0 amide bonds. The zero-order valence-corrected chi connectivity index (χ0v) is 9.76. The maximum atomic E-state index is 13.1. The van der Waals surface area contributed by atoms with Crippen molar-refractivity contribution in [3.63, 3.8) is 0 Å². The number of aryl methyl sites for hydroxylation is 1. The molecule has 84 valence electrons. The first kappa shape index (κ1) is 12.2. The van der Waals surface area contributed by atoms with Crippen molar-refractivity contribution in [2.24, 2.45) is 11.7 Å². The summed E-state index contributed by atoms with van der Waals surface area (Å²) in [5, 5.41) is 0. The lowest BCUT2D eigenvalue weighted by atomic mass is 9.89. The van der Waals surface area contributed by atoms with Crippen LogP contribution in [0.15, 0.2) is 18.2 Å². The van der Waals surface area contributed by atoms with E-state index >= 15 is 0 Å². The monoisotopic (exact) mass is 209 g/mol. The number of rotatable bonds is 4. The van der Waals surface area contributed by atoms with Gasteiger partial charge in [0.1, 0.15) is 5.82 Å². The average Bonchev–Trinajstić information content (AvgIpc) is 2.23. The molecule has 1 nitrogen and oxygen atoms in total. The van der Waals surface area contributed by atoms with Gasteiger partial charge in [-0.2, -0.15) is 0 Å². The average molecular weight is 209 g/mol. The van der Waals surface area contributed by atoms with Crippen LogP contribution in [0.3, 0.4) is 0 Å². The van der Waals surface area contributed by atoms with Crippen LogP contribution in [0.2, 0.25) is 0 Å². The topological polar surface area (TPSA) is 26.0 Å². The molecule has 1 aromatic carbocycles. The van der Waals surface area contributed by atoms with E-state index in [9.17, 15) is 4.39 Å². The largest absolute Gasteiger partial charge is 0.324 e. The van der Waals surface area contributed by atoms with E-state index in [4.69, 9.17) is 5.73 Å². The first-order chi connectivity index (χ1) is 7.10. The Morgan fingerprint density at radius 1 is 1.27 bits per heavy atom. The van der Waals surface area contributed by atoms with E-state index in [0.29, 0.717) is 11.5 Å². The molecular formula is C13H20FN. The van der Waals surface area contributed by atoms with Crippen LogP contribution >= 0.6 is 0 Å². The van der Waals surface area contributed by atoms with Crippen LogP contribution in [-0.4, -0.2) is 0 Å². The van der Waals surface area contributed by atoms with Gasteiger partial charge in [0.25, 0.3) is 0 Å². The lowest BCUT2D eigenvalue weighted by Gasteiger charge is -2.21. The molecule has 1 unspecified atom stereocenters. The molecular weight excluding hydrogens is 189 g/mol. The Bertz CT molecular complexity index is 318. The minimum atomic E-state index is -0.157. The van der Waals surface area contributed by atoms with E-state index in [1.807, 2.05) is 6.07 Å². The van der Waals surface area contributed by atoms with Gasteiger partial charge in [0, 0.05) is 6.04 Å². The summed E-state index contributed by atoms with van der Waals surface area (Å²) in [4.78, 5) is 0. The second kappa shape index (κ2) is 5.26. The molecule has 2 N–H and O–H groups in total. The fraction of sp³-hybridized carbons (Fsp3) is 0.538.